The Morgan fingerprint density at radius 2 is 1.68 bits per heavy atom. The van der Waals surface area contributed by atoms with Gasteiger partial charge in [-0.2, -0.15) is 0 Å². The number of amides is 1. The number of imidazole rings is 1. The van der Waals surface area contributed by atoms with E-state index in [0.717, 1.165) is 49.1 Å². The van der Waals surface area contributed by atoms with Crippen LogP contribution in [0.3, 0.4) is 0 Å². The molecule has 0 saturated carbocycles. The molecule has 2 heterocycles. The topological polar surface area (TPSA) is 82.9 Å². The lowest BCUT2D eigenvalue weighted by atomic mass is 10.1. The Labute approximate surface area is 237 Å². The normalized spacial score (nSPS) is 14.3. The SMILES string of the molecule is COc1ccc(-n2c(C)nc(C(=O)NCC(O)CN3CCN(c4cccc(C)c4C)CC3)c2C)cc1.Cl.Cl. The Morgan fingerprint density at radius 3 is 2.32 bits per heavy atom. The Hall–Kier alpha value is -2.78. The minimum absolute atomic E-state index is 0. The third-order valence-electron chi connectivity index (χ3n) is 7.08. The molecule has 1 aromatic heterocycles. The molecule has 2 N–H and O–H groups in total. The van der Waals surface area contributed by atoms with Crippen LogP contribution in [0.5, 0.6) is 5.75 Å². The summed E-state index contributed by atoms with van der Waals surface area (Å²) >= 11 is 0. The van der Waals surface area contributed by atoms with E-state index in [1.165, 1.54) is 16.8 Å². The van der Waals surface area contributed by atoms with Crippen molar-refractivity contribution in [2.24, 2.45) is 0 Å². The van der Waals surface area contributed by atoms with E-state index in [1.54, 1.807) is 7.11 Å². The Balaban J connectivity index is 0.00000253. The summed E-state index contributed by atoms with van der Waals surface area (Å²) < 4.78 is 7.18. The first-order valence-corrected chi connectivity index (χ1v) is 12.5. The minimum atomic E-state index is -0.647. The number of ether oxygens (including phenoxy) is 1. The van der Waals surface area contributed by atoms with Gasteiger partial charge in [0.05, 0.1) is 18.9 Å². The predicted octanol–water partition coefficient (Wildman–Crippen LogP) is 3.87. The van der Waals surface area contributed by atoms with E-state index >= 15 is 0 Å². The van der Waals surface area contributed by atoms with E-state index in [1.807, 2.05) is 42.7 Å². The monoisotopic (exact) mass is 563 g/mol. The van der Waals surface area contributed by atoms with E-state index in [9.17, 15) is 9.90 Å². The number of carbonyl (C=O) groups excluding carboxylic acids is 1. The summed E-state index contributed by atoms with van der Waals surface area (Å²) in [6, 6.07) is 14.1. The number of halogens is 2. The molecule has 1 atom stereocenters. The van der Waals surface area contributed by atoms with Gasteiger partial charge < -0.3 is 24.6 Å². The second-order valence-corrected chi connectivity index (χ2v) is 9.50. The molecule has 0 spiro atoms. The fraction of sp³-hybridized carbons (Fsp3) is 0.429. The number of aryl methyl sites for hydroxylation is 2. The summed E-state index contributed by atoms with van der Waals surface area (Å²) in [5.74, 6) is 1.22. The van der Waals surface area contributed by atoms with Crippen LogP contribution >= 0.6 is 24.8 Å². The highest BCUT2D eigenvalue weighted by Crippen LogP contribution is 2.24. The summed E-state index contributed by atoms with van der Waals surface area (Å²) in [5, 5.41) is 13.5. The summed E-state index contributed by atoms with van der Waals surface area (Å²) in [4.78, 5) is 22.0. The highest BCUT2D eigenvalue weighted by Gasteiger charge is 2.23. The molecule has 1 fully saturated rings. The number of rotatable bonds is 8. The van der Waals surface area contributed by atoms with Gasteiger partial charge in [-0.05, 0) is 69.2 Å². The third kappa shape index (κ3) is 6.99. The Bertz CT molecular complexity index is 1210. The van der Waals surface area contributed by atoms with Gasteiger partial charge in [-0.15, -0.1) is 24.8 Å². The molecule has 38 heavy (non-hydrogen) atoms. The fourth-order valence-electron chi connectivity index (χ4n) is 4.87. The molecule has 0 aliphatic carbocycles. The number of carbonyl (C=O) groups is 1. The molecule has 0 radical (unpaired) electrons. The number of benzene rings is 2. The zero-order valence-corrected chi connectivity index (χ0v) is 24.4. The Morgan fingerprint density at radius 1 is 1.03 bits per heavy atom. The molecule has 4 rings (SSSR count). The van der Waals surface area contributed by atoms with Gasteiger partial charge in [-0.1, -0.05) is 12.1 Å². The smallest absolute Gasteiger partial charge is 0.271 e. The number of hydrogen-bond acceptors (Lipinski definition) is 6. The number of piperazine rings is 1. The molecular weight excluding hydrogens is 525 g/mol. The first kappa shape index (κ1) is 31.4. The lowest BCUT2D eigenvalue weighted by Gasteiger charge is -2.37. The van der Waals surface area contributed by atoms with Crippen molar-refractivity contribution in [3.63, 3.8) is 0 Å². The van der Waals surface area contributed by atoms with Crippen molar-refractivity contribution in [2.75, 3.05) is 51.3 Å². The van der Waals surface area contributed by atoms with Gasteiger partial charge in [0.25, 0.3) is 5.91 Å². The zero-order chi connectivity index (χ0) is 25.8. The number of aliphatic hydroxyl groups excluding tert-OH is 1. The van der Waals surface area contributed by atoms with E-state index in [2.05, 4.69) is 52.1 Å². The van der Waals surface area contributed by atoms with Crippen LogP contribution in [0.1, 0.15) is 33.1 Å². The van der Waals surface area contributed by atoms with Crippen molar-refractivity contribution in [1.29, 1.82) is 0 Å². The summed E-state index contributed by atoms with van der Waals surface area (Å²) in [6.45, 7) is 12.4. The highest BCUT2D eigenvalue weighted by atomic mass is 35.5. The lowest BCUT2D eigenvalue weighted by molar-refractivity contribution is 0.0847. The first-order valence-electron chi connectivity index (χ1n) is 12.5. The van der Waals surface area contributed by atoms with Gasteiger partial charge in [-0.25, -0.2) is 4.98 Å². The predicted molar refractivity (Wildman–Crippen MR) is 157 cm³/mol. The maximum Gasteiger partial charge on any atom is 0.271 e. The number of aromatic nitrogens is 2. The van der Waals surface area contributed by atoms with Crippen LogP contribution in [0.4, 0.5) is 5.69 Å². The van der Waals surface area contributed by atoms with Gasteiger partial charge in [-0.3, -0.25) is 9.69 Å². The van der Waals surface area contributed by atoms with Crippen LogP contribution in [0.25, 0.3) is 5.69 Å². The lowest BCUT2D eigenvalue weighted by Crippen LogP contribution is -2.50. The molecule has 1 amide bonds. The largest absolute Gasteiger partial charge is 0.497 e. The van der Waals surface area contributed by atoms with Crippen molar-refractivity contribution >= 4 is 36.4 Å². The van der Waals surface area contributed by atoms with E-state index in [4.69, 9.17) is 4.74 Å². The maximum atomic E-state index is 12.9. The highest BCUT2D eigenvalue weighted by molar-refractivity contribution is 5.93. The first-order chi connectivity index (χ1) is 17.3. The minimum Gasteiger partial charge on any atom is -0.497 e. The van der Waals surface area contributed by atoms with Crippen molar-refractivity contribution in [2.45, 2.75) is 33.8 Å². The fourth-order valence-corrected chi connectivity index (χ4v) is 4.87. The molecule has 10 heteroatoms. The third-order valence-corrected chi connectivity index (χ3v) is 7.08. The average molecular weight is 565 g/mol. The van der Waals surface area contributed by atoms with Gasteiger partial charge in [0, 0.05) is 50.6 Å². The van der Waals surface area contributed by atoms with Crippen molar-refractivity contribution < 1.29 is 14.6 Å². The van der Waals surface area contributed by atoms with Crippen LogP contribution in [0.15, 0.2) is 42.5 Å². The molecule has 1 aliphatic heterocycles. The molecular formula is C28H39Cl2N5O3. The van der Waals surface area contributed by atoms with Crippen molar-refractivity contribution in [3.05, 3.63) is 70.8 Å². The molecule has 208 valence electrons. The second-order valence-electron chi connectivity index (χ2n) is 9.50. The van der Waals surface area contributed by atoms with Crippen LogP contribution in [-0.2, 0) is 0 Å². The molecule has 2 aromatic carbocycles. The van der Waals surface area contributed by atoms with Gasteiger partial charge in [0.1, 0.15) is 17.3 Å². The number of hydrogen-bond donors (Lipinski definition) is 2. The second kappa shape index (κ2) is 13.8. The summed E-state index contributed by atoms with van der Waals surface area (Å²) in [7, 11) is 1.63. The zero-order valence-electron chi connectivity index (χ0n) is 22.7. The quantitative estimate of drug-likeness (QED) is 0.433. The van der Waals surface area contributed by atoms with Crippen molar-refractivity contribution in [3.8, 4) is 11.4 Å². The van der Waals surface area contributed by atoms with Gasteiger partial charge in [0.15, 0.2) is 0 Å². The summed E-state index contributed by atoms with van der Waals surface area (Å²) in [6.07, 6.45) is -0.647. The molecule has 8 nitrogen and oxygen atoms in total. The number of nitrogens with zero attached hydrogens (tertiary/aromatic N) is 4. The number of anilines is 1. The maximum absolute atomic E-state index is 12.9. The molecule has 3 aromatic rings. The number of β-amino-alcohol motifs (C(OH)–C–C–N with tert-alkyl or cyclic N) is 1. The van der Waals surface area contributed by atoms with E-state index in [-0.39, 0.29) is 37.3 Å². The standard InChI is InChI=1S/C28H37N5O3.2ClH/c1-19-7-6-8-26(20(19)2)32-15-13-31(14-16-32)18-24(34)17-29-28(35)27-21(3)33(22(4)30-27)23-9-11-25(36-5)12-10-23;;/h6-12,24,34H,13-18H2,1-5H3,(H,29,35);2*1H. The van der Waals surface area contributed by atoms with Crippen LogP contribution in [0, 0.1) is 27.7 Å². The molecule has 1 aliphatic rings. The number of nitrogens with one attached hydrogen (secondary N) is 1. The number of aliphatic hydroxyl groups is 1. The molecule has 1 saturated heterocycles. The average Bonchev–Trinajstić information content (AvgIpc) is 3.18. The Kier molecular flexibility index (Phi) is 11.5. The van der Waals surface area contributed by atoms with Crippen LogP contribution in [0.2, 0.25) is 0 Å². The molecule has 0 bridgehead atoms. The van der Waals surface area contributed by atoms with Gasteiger partial charge >= 0.3 is 0 Å². The van der Waals surface area contributed by atoms with Crippen LogP contribution < -0.4 is 15.0 Å². The van der Waals surface area contributed by atoms with E-state index < -0.39 is 6.10 Å². The number of methoxy groups -OCH3 is 1. The summed E-state index contributed by atoms with van der Waals surface area (Å²) in [5.41, 5.74) is 5.97. The van der Waals surface area contributed by atoms with Gasteiger partial charge in [0.2, 0.25) is 0 Å². The van der Waals surface area contributed by atoms with Crippen molar-refractivity contribution in [1.82, 2.24) is 19.8 Å². The van der Waals surface area contributed by atoms with E-state index in [0.29, 0.717) is 12.2 Å². The van der Waals surface area contributed by atoms with Crippen LogP contribution in [-0.4, -0.2) is 77.9 Å². The molecule has 1 unspecified atom stereocenters.